The number of ether oxygens (including phenoxy) is 1. The molecule has 5 heteroatoms. The van der Waals surface area contributed by atoms with Gasteiger partial charge in [-0.25, -0.2) is 0 Å². The number of hydrogen-bond donors (Lipinski definition) is 1. The first kappa shape index (κ1) is 15.5. The van der Waals surface area contributed by atoms with Gasteiger partial charge in [-0.05, 0) is 38.0 Å². The average Bonchev–Trinajstić information content (AvgIpc) is 2.91. The van der Waals surface area contributed by atoms with Crippen LogP contribution in [0.3, 0.4) is 0 Å². The van der Waals surface area contributed by atoms with Gasteiger partial charge in [0.2, 0.25) is 5.91 Å². The lowest BCUT2D eigenvalue weighted by Crippen LogP contribution is -2.24. The second-order valence-electron chi connectivity index (χ2n) is 5.02. The van der Waals surface area contributed by atoms with E-state index in [9.17, 15) is 4.79 Å². The molecule has 1 saturated carbocycles. The van der Waals surface area contributed by atoms with Crippen molar-refractivity contribution in [2.75, 3.05) is 12.4 Å². The highest BCUT2D eigenvalue weighted by molar-refractivity contribution is 8.01. The Labute approximate surface area is 129 Å². The van der Waals surface area contributed by atoms with Gasteiger partial charge in [-0.15, -0.1) is 11.8 Å². The Hall–Kier alpha value is -0.870. The zero-order valence-corrected chi connectivity index (χ0v) is 13.4. The SMILES string of the molecule is COc1ccc(Cl)cc1NC(=O)[C@H](C)SC1CCCC1. The van der Waals surface area contributed by atoms with Gasteiger partial charge in [0.25, 0.3) is 0 Å². The van der Waals surface area contributed by atoms with Crippen molar-refractivity contribution in [1.29, 1.82) is 0 Å². The van der Waals surface area contributed by atoms with Crippen LogP contribution in [-0.4, -0.2) is 23.5 Å². The summed E-state index contributed by atoms with van der Waals surface area (Å²) in [6.45, 7) is 1.95. The molecule has 1 N–H and O–H groups in total. The van der Waals surface area contributed by atoms with Gasteiger partial charge in [0.15, 0.2) is 0 Å². The van der Waals surface area contributed by atoms with Crippen molar-refractivity contribution in [2.45, 2.75) is 43.1 Å². The normalized spacial score (nSPS) is 16.9. The van der Waals surface area contributed by atoms with E-state index in [1.165, 1.54) is 25.7 Å². The quantitative estimate of drug-likeness (QED) is 0.878. The fraction of sp³-hybridized carbons (Fsp3) is 0.533. The van der Waals surface area contributed by atoms with E-state index >= 15 is 0 Å². The molecule has 0 aliphatic heterocycles. The number of nitrogens with one attached hydrogen (secondary N) is 1. The molecular formula is C15H20ClNO2S. The summed E-state index contributed by atoms with van der Waals surface area (Å²) >= 11 is 7.73. The number of methoxy groups -OCH3 is 1. The third kappa shape index (κ3) is 4.06. The van der Waals surface area contributed by atoms with E-state index in [0.29, 0.717) is 21.7 Å². The number of anilines is 1. The van der Waals surface area contributed by atoms with Gasteiger partial charge in [-0.3, -0.25) is 4.79 Å². The predicted molar refractivity (Wildman–Crippen MR) is 85.9 cm³/mol. The number of hydrogen-bond acceptors (Lipinski definition) is 3. The lowest BCUT2D eigenvalue weighted by atomic mass is 10.3. The molecule has 1 amide bonds. The number of thioether (sulfide) groups is 1. The number of benzene rings is 1. The molecule has 0 bridgehead atoms. The number of rotatable bonds is 5. The standard InChI is InChI=1S/C15H20ClNO2S/c1-10(20-12-5-3-4-6-12)15(18)17-13-9-11(16)7-8-14(13)19-2/h7-10,12H,3-6H2,1-2H3,(H,17,18)/t10-/m0/s1. The molecule has 0 heterocycles. The van der Waals surface area contributed by atoms with Gasteiger partial charge < -0.3 is 10.1 Å². The van der Waals surface area contributed by atoms with Crippen molar-refractivity contribution in [3.8, 4) is 5.75 Å². The van der Waals surface area contributed by atoms with Crippen molar-refractivity contribution in [2.24, 2.45) is 0 Å². The monoisotopic (exact) mass is 313 g/mol. The smallest absolute Gasteiger partial charge is 0.237 e. The maximum atomic E-state index is 12.2. The molecule has 1 fully saturated rings. The second kappa shape index (κ2) is 7.23. The minimum Gasteiger partial charge on any atom is -0.495 e. The van der Waals surface area contributed by atoms with Crippen LogP contribution in [0, 0.1) is 0 Å². The van der Waals surface area contributed by atoms with Crippen LogP contribution in [0.25, 0.3) is 0 Å². The zero-order chi connectivity index (χ0) is 14.5. The molecule has 1 aliphatic carbocycles. The Morgan fingerprint density at radius 3 is 2.80 bits per heavy atom. The van der Waals surface area contributed by atoms with Gasteiger partial charge in [0.05, 0.1) is 18.0 Å². The molecule has 20 heavy (non-hydrogen) atoms. The fourth-order valence-electron chi connectivity index (χ4n) is 2.39. The molecule has 1 aliphatic rings. The Morgan fingerprint density at radius 2 is 2.15 bits per heavy atom. The van der Waals surface area contributed by atoms with Crippen LogP contribution in [0.15, 0.2) is 18.2 Å². The minimum atomic E-state index is -0.0678. The summed E-state index contributed by atoms with van der Waals surface area (Å²) in [7, 11) is 1.58. The lowest BCUT2D eigenvalue weighted by Gasteiger charge is -2.17. The van der Waals surface area contributed by atoms with Crippen LogP contribution in [-0.2, 0) is 4.79 Å². The molecule has 0 aromatic heterocycles. The number of halogens is 1. The van der Waals surface area contributed by atoms with E-state index in [1.54, 1.807) is 37.1 Å². The highest BCUT2D eigenvalue weighted by Crippen LogP contribution is 2.33. The first-order valence-corrected chi connectivity index (χ1v) is 8.22. The second-order valence-corrected chi connectivity index (χ2v) is 7.10. The molecule has 0 saturated heterocycles. The van der Waals surface area contributed by atoms with Crippen LogP contribution in [0.4, 0.5) is 5.69 Å². The van der Waals surface area contributed by atoms with Crippen molar-refractivity contribution in [1.82, 2.24) is 0 Å². The third-order valence-corrected chi connectivity index (χ3v) is 5.20. The van der Waals surface area contributed by atoms with Crippen molar-refractivity contribution < 1.29 is 9.53 Å². The zero-order valence-electron chi connectivity index (χ0n) is 11.8. The van der Waals surface area contributed by atoms with E-state index in [1.807, 2.05) is 6.92 Å². The molecule has 1 aromatic rings. The number of carbonyl (C=O) groups is 1. The summed E-state index contributed by atoms with van der Waals surface area (Å²) in [6, 6.07) is 5.21. The molecule has 0 unspecified atom stereocenters. The summed E-state index contributed by atoms with van der Waals surface area (Å²) in [5.41, 5.74) is 0.629. The first-order valence-electron chi connectivity index (χ1n) is 6.90. The predicted octanol–water partition coefficient (Wildman–Crippen LogP) is 4.35. The van der Waals surface area contributed by atoms with Crippen LogP contribution in [0.5, 0.6) is 5.75 Å². The van der Waals surface area contributed by atoms with Crippen LogP contribution < -0.4 is 10.1 Å². The summed E-state index contributed by atoms with van der Waals surface area (Å²) < 4.78 is 5.23. The molecule has 110 valence electrons. The summed E-state index contributed by atoms with van der Waals surface area (Å²) in [6.07, 6.45) is 5.02. The van der Waals surface area contributed by atoms with E-state index in [4.69, 9.17) is 16.3 Å². The lowest BCUT2D eigenvalue weighted by molar-refractivity contribution is -0.115. The molecule has 1 atom stereocenters. The van der Waals surface area contributed by atoms with Crippen molar-refractivity contribution in [3.05, 3.63) is 23.2 Å². The van der Waals surface area contributed by atoms with E-state index in [2.05, 4.69) is 5.32 Å². The van der Waals surface area contributed by atoms with Crippen LogP contribution in [0.1, 0.15) is 32.6 Å². The van der Waals surface area contributed by atoms with Crippen molar-refractivity contribution in [3.63, 3.8) is 0 Å². The molecular weight excluding hydrogens is 294 g/mol. The molecule has 0 radical (unpaired) electrons. The topological polar surface area (TPSA) is 38.3 Å². The highest BCUT2D eigenvalue weighted by Gasteiger charge is 2.23. The van der Waals surface area contributed by atoms with Gasteiger partial charge in [0, 0.05) is 10.3 Å². The van der Waals surface area contributed by atoms with E-state index in [-0.39, 0.29) is 11.2 Å². The highest BCUT2D eigenvalue weighted by atomic mass is 35.5. The van der Waals surface area contributed by atoms with Gasteiger partial charge >= 0.3 is 0 Å². The fourth-order valence-corrected chi connectivity index (χ4v) is 3.92. The van der Waals surface area contributed by atoms with Crippen molar-refractivity contribution >= 4 is 35.0 Å². The number of carbonyl (C=O) groups excluding carboxylic acids is 1. The molecule has 0 spiro atoms. The van der Waals surface area contributed by atoms with Crippen LogP contribution in [0.2, 0.25) is 5.02 Å². The Balaban J connectivity index is 1.97. The summed E-state index contributed by atoms with van der Waals surface area (Å²) in [5.74, 6) is 0.628. The van der Waals surface area contributed by atoms with Gasteiger partial charge in [-0.2, -0.15) is 0 Å². The first-order chi connectivity index (χ1) is 9.60. The Morgan fingerprint density at radius 1 is 1.45 bits per heavy atom. The maximum absolute atomic E-state index is 12.2. The van der Waals surface area contributed by atoms with E-state index in [0.717, 1.165) is 0 Å². The molecule has 1 aromatic carbocycles. The Kier molecular flexibility index (Phi) is 5.61. The average molecular weight is 314 g/mol. The molecule has 3 nitrogen and oxygen atoms in total. The largest absolute Gasteiger partial charge is 0.495 e. The summed E-state index contributed by atoms with van der Waals surface area (Å²) in [4.78, 5) is 12.2. The Bertz CT molecular complexity index is 475. The van der Waals surface area contributed by atoms with Gasteiger partial charge in [-0.1, -0.05) is 24.4 Å². The number of amides is 1. The molecule has 2 rings (SSSR count). The van der Waals surface area contributed by atoms with Crippen LogP contribution >= 0.6 is 23.4 Å². The minimum absolute atomic E-state index is 0.00228. The third-order valence-electron chi connectivity index (χ3n) is 3.49. The maximum Gasteiger partial charge on any atom is 0.237 e. The van der Waals surface area contributed by atoms with Gasteiger partial charge in [0.1, 0.15) is 5.75 Å². The van der Waals surface area contributed by atoms with E-state index < -0.39 is 0 Å². The summed E-state index contributed by atoms with van der Waals surface area (Å²) in [5, 5.41) is 4.04.